The Balaban J connectivity index is 2.60. The molecule has 108 valence electrons. The number of nitrogens with one attached hydrogen (secondary N) is 1. The van der Waals surface area contributed by atoms with Crippen LogP contribution in [0.25, 0.3) is 0 Å². The maximum Gasteiger partial charge on any atom is 0.413 e. The molecule has 1 atom stereocenters. The van der Waals surface area contributed by atoms with E-state index in [1.807, 2.05) is 34.6 Å². The number of nitrogens with two attached hydrogens (primary N) is 1. The molecule has 1 unspecified atom stereocenters. The van der Waals surface area contributed by atoms with Crippen molar-refractivity contribution >= 4 is 22.6 Å². The minimum Gasteiger partial charge on any atom is -0.444 e. The van der Waals surface area contributed by atoms with Crippen LogP contribution in [0.1, 0.15) is 44.7 Å². The van der Waals surface area contributed by atoms with Gasteiger partial charge in [0.05, 0.1) is 5.69 Å². The van der Waals surface area contributed by atoms with Crippen molar-refractivity contribution in [1.82, 2.24) is 4.98 Å². The Morgan fingerprint density at radius 1 is 1.53 bits per heavy atom. The van der Waals surface area contributed by atoms with Crippen molar-refractivity contribution < 1.29 is 9.53 Å². The fourth-order valence-corrected chi connectivity index (χ4v) is 2.43. The van der Waals surface area contributed by atoms with Gasteiger partial charge in [-0.05, 0) is 47.5 Å². The summed E-state index contributed by atoms with van der Waals surface area (Å²) in [5, 5.41) is 3.24. The number of carbonyl (C=O) groups is 1. The van der Waals surface area contributed by atoms with Gasteiger partial charge in [-0.25, -0.2) is 9.78 Å². The van der Waals surface area contributed by atoms with E-state index < -0.39 is 11.7 Å². The predicted octanol–water partition coefficient (Wildman–Crippen LogP) is 3.08. The minimum atomic E-state index is -0.506. The lowest BCUT2D eigenvalue weighted by Crippen LogP contribution is -2.27. The van der Waals surface area contributed by atoms with Crippen LogP contribution in [0.2, 0.25) is 0 Å². The lowest BCUT2D eigenvalue weighted by molar-refractivity contribution is 0.0636. The van der Waals surface area contributed by atoms with Crippen molar-refractivity contribution in [1.29, 1.82) is 0 Å². The molecular formula is C13H23N3O2S. The van der Waals surface area contributed by atoms with Crippen LogP contribution in [-0.2, 0) is 11.2 Å². The molecule has 0 spiro atoms. The van der Waals surface area contributed by atoms with Gasteiger partial charge >= 0.3 is 6.09 Å². The lowest BCUT2D eigenvalue weighted by Gasteiger charge is -2.18. The first-order valence-electron chi connectivity index (χ1n) is 6.39. The molecule has 5 nitrogen and oxygen atoms in total. The van der Waals surface area contributed by atoms with Crippen molar-refractivity contribution in [3.63, 3.8) is 0 Å². The van der Waals surface area contributed by atoms with Crippen LogP contribution in [0.5, 0.6) is 0 Å². The molecule has 0 bridgehead atoms. The van der Waals surface area contributed by atoms with Gasteiger partial charge in [-0.1, -0.05) is 0 Å². The molecule has 1 rings (SSSR count). The van der Waals surface area contributed by atoms with E-state index in [4.69, 9.17) is 10.5 Å². The monoisotopic (exact) mass is 285 g/mol. The molecule has 0 aliphatic carbocycles. The summed E-state index contributed by atoms with van der Waals surface area (Å²) in [5.74, 6) is 0. The number of hydrogen-bond donors (Lipinski definition) is 2. The first-order valence-corrected chi connectivity index (χ1v) is 7.21. The average molecular weight is 285 g/mol. The van der Waals surface area contributed by atoms with Crippen LogP contribution < -0.4 is 11.1 Å². The van der Waals surface area contributed by atoms with Crippen molar-refractivity contribution in [3.8, 4) is 0 Å². The Hall–Kier alpha value is -1.14. The van der Waals surface area contributed by atoms with Gasteiger partial charge in [0.1, 0.15) is 5.60 Å². The third kappa shape index (κ3) is 6.02. The smallest absolute Gasteiger partial charge is 0.413 e. The topological polar surface area (TPSA) is 77.2 Å². The van der Waals surface area contributed by atoms with Crippen LogP contribution in [-0.4, -0.2) is 22.7 Å². The average Bonchev–Trinajstić information content (AvgIpc) is 2.52. The molecule has 1 aromatic heterocycles. The lowest BCUT2D eigenvalue weighted by atomic mass is 10.1. The number of aromatic nitrogens is 1. The molecule has 1 heterocycles. The second-order valence-corrected chi connectivity index (χ2v) is 6.75. The Morgan fingerprint density at radius 3 is 2.68 bits per heavy atom. The van der Waals surface area contributed by atoms with Gasteiger partial charge in [-0.15, -0.1) is 11.3 Å². The highest BCUT2D eigenvalue weighted by molar-refractivity contribution is 7.15. The van der Waals surface area contributed by atoms with E-state index in [1.54, 1.807) is 0 Å². The first-order chi connectivity index (χ1) is 8.67. The molecular weight excluding hydrogens is 262 g/mol. The van der Waals surface area contributed by atoms with E-state index in [0.717, 1.165) is 23.4 Å². The maximum atomic E-state index is 11.6. The van der Waals surface area contributed by atoms with Crippen LogP contribution in [0.15, 0.2) is 0 Å². The Bertz CT molecular complexity index is 436. The molecule has 0 saturated heterocycles. The number of amides is 1. The van der Waals surface area contributed by atoms with Gasteiger partial charge in [0.2, 0.25) is 0 Å². The zero-order chi connectivity index (χ0) is 14.6. The molecule has 0 aliphatic heterocycles. The summed E-state index contributed by atoms with van der Waals surface area (Å²) >= 11 is 1.48. The van der Waals surface area contributed by atoms with Gasteiger partial charge < -0.3 is 10.5 Å². The fourth-order valence-electron chi connectivity index (χ4n) is 1.46. The third-order valence-electron chi connectivity index (χ3n) is 2.33. The molecule has 19 heavy (non-hydrogen) atoms. The minimum absolute atomic E-state index is 0.170. The number of thiazole rings is 1. The largest absolute Gasteiger partial charge is 0.444 e. The highest BCUT2D eigenvalue weighted by Crippen LogP contribution is 2.24. The number of anilines is 1. The maximum absolute atomic E-state index is 11.6. The van der Waals surface area contributed by atoms with E-state index in [2.05, 4.69) is 10.3 Å². The first kappa shape index (κ1) is 15.9. The van der Waals surface area contributed by atoms with Crippen molar-refractivity contribution in [3.05, 3.63) is 10.6 Å². The standard InChI is InChI=1S/C13H23N3O2S/c1-8(14)6-7-10-9(2)15-11(19-10)16-12(17)18-13(3,4)5/h8H,6-7,14H2,1-5H3,(H,15,16,17). The second-order valence-electron chi connectivity index (χ2n) is 5.67. The van der Waals surface area contributed by atoms with Crippen molar-refractivity contribution in [2.24, 2.45) is 5.73 Å². The Kier molecular flexibility index (Phi) is 5.31. The molecule has 0 aliphatic rings. The van der Waals surface area contributed by atoms with Crippen LogP contribution in [0.3, 0.4) is 0 Å². The van der Waals surface area contributed by atoms with Gasteiger partial charge in [0.15, 0.2) is 5.13 Å². The summed E-state index contributed by atoms with van der Waals surface area (Å²) in [6, 6.07) is 0.170. The summed E-state index contributed by atoms with van der Waals surface area (Å²) < 4.78 is 5.19. The number of ether oxygens (including phenoxy) is 1. The molecule has 3 N–H and O–H groups in total. The highest BCUT2D eigenvalue weighted by atomic mass is 32.1. The van der Waals surface area contributed by atoms with Crippen LogP contribution in [0, 0.1) is 6.92 Å². The number of carbonyl (C=O) groups excluding carboxylic acids is 1. The summed E-state index contributed by atoms with van der Waals surface area (Å²) in [4.78, 5) is 17.1. The Morgan fingerprint density at radius 2 is 2.16 bits per heavy atom. The predicted molar refractivity (Wildman–Crippen MR) is 78.7 cm³/mol. The van der Waals surface area contributed by atoms with Crippen molar-refractivity contribution in [2.75, 3.05) is 5.32 Å². The second kappa shape index (κ2) is 6.34. The molecule has 0 fully saturated rings. The molecule has 0 saturated carbocycles. The molecule has 0 aromatic carbocycles. The quantitative estimate of drug-likeness (QED) is 0.891. The van der Waals surface area contributed by atoms with E-state index in [9.17, 15) is 4.79 Å². The highest BCUT2D eigenvalue weighted by Gasteiger charge is 2.18. The molecule has 6 heteroatoms. The van der Waals surface area contributed by atoms with E-state index in [0.29, 0.717) is 5.13 Å². The van der Waals surface area contributed by atoms with Gasteiger partial charge in [-0.3, -0.25) is 5.32 Å². The van der Waals surface area contributed by atoms with Gasteiger partial charge in [-0.2, -0.15) is 0 Å². The molecule has 1 aromatic rings. The number of nitrogens with zero attached hydrogens (tertiary/aromatic N) is 1. The zero-order valence-corrected chi connectivity index (χ0v) is 13.1. The third-order valence-corrected chi connectivity index (χ3v) is 3.46. The van der Waals surface area contributed by atoms with E-state index >= 15 is 0 Å². The number of rotatable bonds is 4. The summed E-state index contributed by atoms with van der Waals surface area (Å²) in [5.41, 5.74) is 6.18. The fraction of sp³-hybridized carbons (Fsp3) is 0.692. The van der Waals surface area contributed by atoms with Gasteiger partial charge in [0.25, 0.3) is 0 Å². The summed E-state index contributed by atoms with van der Waals surface area (Å²) in [6.45, 7) is 9.40. The van der Waals surface area contributed by atoms with Gasteiger partial charge in [0, 0.05) is 10.9 Å². The number of aryl methyl sites for hydroxylation is 2. The Labute approximate surface area is 118 Å². The van der Waals surface area contributed by atoms with Crippen LogP contribution in [0.4, 0.5) is 9.93 Å². The summed E-state index contributed by atoms with van der Waals surface area (Å²) in [6.07, 6.45) is 1.33. The summed E-state index contributed by atoms with van der Waals surface area (Å²) in [7, 11) is 0. The molecule has 1 amide bonds. The molecule has 0 radical (unpaired) electrons. The van der Waals surface area contributed by atoms with Crippen LogP contribution >= 0.6 is 11.3 Å². The number of hydrogen-bond acceptors (Lipinski definition) is 5. The van der Waals surface area contributed by atoms with E-state index in [-0.39, 0.29) is 6.04 Å². The normalized spacial score (nSPS) is 13.2. The van der Waals surface area contributed by atoms with Crippen molar-refractivity contribution in [2.45, 2.75) is 59.1 Å². The van der Waals surface area contributed by atoms with E-state index in [1.165, 1.54) is 11.3 Å². The SMILES string of the molecule is Cc1nc(NC(=O)OC(C)(C)C)sc1CCC(C)N. The zero-order valence-electron chi connectivity index (χ0n) is 12.2.